The van der Waals surface area contributed by atoms with E-state index in [0.717, 1.165) is 0 Å². The van der Waals surface area contributed by atoms with Crippen LogP contribution in [0.4, 0.5) is 0 Å². The van der Waals surface area contributed by atoms with Crippen molar-refractivity contribution >= 4 is 35.5 Å². The van der Waals surface area contributed by atoms with Gasteiger partial charge in [-0.05, 0) is 56.0 Å². The molecule has 5 amide bonds. The van der Waals surface area contributed by atoms with E-state index in [9.17, 15) is 44.1 Å². The van der Waals surface area contributed by atoms with Gasteiger partial charge in [-0.15, -0.1) is 0 Å². The molecule has 5 atom stereocenters. The Morgan fingerprint density at radius 3 is 1.92 bits per heavy atom. The standard InChI is InChI=1S/C32H45N7O9/c1-19(36-31(46)25(38-29(44)23(34)18-40)15-21-10-12-22(41)13-11-21)28(43)35-17-27(42)37-24(9-5-6-14-33)30(45)39-26(32(47)48)16-20-7-3-2-4-8-20/h2-4,7-8,10-13,19,23-26,40-41H,5-6,9,14-18,33-34H2,1H3,(H,35,43)(H,36,46)(H,37,42)(H,38,44)(H,39,45)(H,47,48)/t19-,23-,24-,25-,26-/m0/s1. The van der Waals surface area contributed by atoms with E-state index in [-0.39, 0.29) is 25.0 Å². The molecule has 0 saturated heterocycles. The van der Waals surface area contributed by atoms with Crippen LogP contribution in [-0.4, -0.2) is 101 Å². The number of aromatic hydroxyl groups is 1. The van der Waals surface area contributed by atoms with Crippen LogP contribution in [0.5, 0.6) is 5.75 Å². The summed E-state index contributed by atoms with van der Waals surface area (Å²) in [5, 5.41) is 40.7. The van der Waals surface area contributed by atoms with Gasteiger partial charge in [0, 0.05) is 12.8 Å². The fraction of sp³-hybridized carbons (Fsp3) is 0.438. The summed E-state index contributed by atoms with van der Waals surface area (Å²) in [5.41, 5.74) is 12.4. The molecule has 0 aliphatic carbocycles. The average Bonchev–Trinajstić information content (AvgIpc) is 3.06. The van der Waals surface area contributed by atoms with Crippen molar-refractivity contribution < 1.29 is 44.1 Å². The number of phenolic OH excluding ortho intramolecular Hbond substituents is 1. The number of hydrogen-bond donors (Lipinski definition) is 10. The number of aliphatic carboxylic acids is 1. The van der Waals surface area contributed by atoms with Crippen LogP contribution in [0.3, 0.4) is 0 Å². The van der Waals surface area contributed by atoms with Crippen LogP contribution < -0.4 is 38.1 Å². The topological polar surface area (TPSA) is 275 Å². The third-order valence-electron chi connectivity index (χ3n) is 7.21. The predicted octanol–water partition coefficient (Wildman–Crippen LogP) is -2.21. The van der Waals surface area contributed by atoms with Crippen LogP contribution >= 0.6 is 0 Å². The molecule has 0 aliphatic heterocycles. The third-order valence-corrected chi connectivity index (χ3v) is 7.21. The van der Waals surface area contributed by atoms with E-state index in [2.05, 4.69) is 26.6 Å². The number of carboxylic acids is 1. The Hall–Kier alpha value is -5.06. The van der Waals surface area contributed by atoms with E-state index in [1.54, 1.807) is 30.3 Å². The molecule has 0 fully saturated rings. The number of nitrogens with two attached hydrogens (primary N) is 2. The van der Waals surface area contributed by atoms with Crippen molar-refractivity contribution in [1.29, 1.82) is 0 Å². The summed E-state index contributed by atoms with van der Waals surface area (Å²) in [6.45, 7) is 0.474. The molecule has 2 rings (SSSR count). The number of amides is 5. The summed E-state index contributed by atoms with van der Waals surface area (Å²) in [7, 11) is 0. The van der Waals surface area contributed by atoms with Gasteiger partial charge in [-0.2, -0.15) is 0 Å². The lowest BCUT2D eigenvalue weighted by Gasteiger charge is -2.23. The highest BCUT2D eigenvalue weighted by molar-refractivity contribution is 5.95. The van der Waals surface area contributed by atoms with E-state index in [4.69, 9.17) is 11.5 Å². The first kappa shape index (κ1) is 39.1. The molecule has 0 saturated carbocycles. The number of benzene rings is 2. The maximum Gasteiger partial charge on any atom is 0.326 e. The molecule has 0 unspecified atom stereocenters. The van der Waals surface area contributed by atoms with Crippen molar-refractivity contribution in [3.63, 3.8) is 0 Å². The Labute approximate surface area is 278 Å². The Balaban J connectivity index is 2.00. The van der Waals surface area contributed by atoms with Crippen LogP contribution in [0.2, 0.25) is 0 Å². The second-order valence-electron chi connectivity index (χ2n) is 11.2. The molecular weight excluding hydrogens is 626 g/mol. The fourth-order valence-corrected chi connectivity index (χ4v) is 4.47. The van der Waals surface area contributed by atoms with Gasteiger partial charge < -0.3 is 53.4 Å². The molecule has 16 nitrogen and oxygen atoms in total. The van der Waals surface area contributed by atoms with E-state index in [1.165, 1.54) is 31.2 Å². The minimum atomic E-state index is -1.29. The number of aliphatic hydroxyl groups excluding tert-OH is 1. The quantitative estimate of drug-likeness (QED) is 0.0674. The molecule has 12 N–H and O–H groups in total. The number of carbonyl (C=O) groups excluding carboxylic acids is 5. The smallest absolute Gasteiger partial charge is 0.326 e. The number of aliphatic hydroxyl groups is 1. The lowest BCUT2D eigenvalue weighted by atomic mass is 10.0. The molecule has 2 aromatic carbocycles. The van der Waals surface area contributed by atoms with Crippen molar-refractivity contribution in [3.8, 4) is 5.75 Å². The predicted molar refractivity (Wildman–Crippen MR) is 174 cm³/mol. The Bertz CT molecular complexity index is 1380. The minimum Gasteiger partial charge on any atom is -0.508 e. The first-order valence-corrected chi connectivity index (χ1v) is 15.4. The van der Waals surface area contributed by atoms with E-state index in [0.29, 0.717) is 30.5 Å². The number of carbonyl (C=O) groups is 6. The second kappa shape index (κ2) is 20.2. The van der Waals surface area contributed by atoms with Gasteiger partial charge in [0.25, 0.3) is 0 Å². The number of rotatable bonds is 20. The summed E-state index contributed by atoms with van der Waals surface area (Å²) < 4.78 is 0. The highest BCUT2D eigenvalue weighted by Crippen LogP contribution is 2.12. The number of hydrogen-bond acceptors (Lipinski definition) is 10. The van der Waals surface area contributed by atoms with Gasteiger partial charge in [0.05, 0.1) is 13.2 Å². The summed E-state index contributed by atoms with van der Waals surface area (Å²) >= 11 is 0. The Morgan fingerprint density at radius 2 is 1.31 bits per heavy atom. The van der Waals surface area contributed by atoms with Gasteiger partial charge in [-0.1, -0.05) is 42.5 Å². The molecule has 0 heterocycles. The zero-order valence-corrected chi connectivity index (χ0v) is 26.7. The molecule has 0 bridgehead atoms. The molecule has 262 valence electrons. The monoisotopic (exact) mass is 671 g/mol. The van der Waals surface area contributed by atoms with Gasteiger partial charge in [0.1, 0.15) is 36.0 Å². The Morgan fingerprint density at radius 1 is 0.729 bits per heavy atom. The van der Waals surface area contributed by atoms with Crippen molar-refractivity contribution in [2.75, 3.05) is 19.7 Å². The average molecular weight is 672 g/mol. The van der Waals surface area contributed by atoms with Crippen LogP contribution in [0, 0.1) is 0 Å². The van der Waals surface area contributed by atoms with Gasteiger partial charge in [0.2, 0.25) is 29.5 Å². The molecule has 16 heteroatoms. The van der Waals surface area contributed by atoms with Gasteiger partial charge in [0.15, 0.2) is 0 Å². The van der Waals surface area contributed by atoms with Crippen molar-refractivity contribution in [1.82, 2.24) is 26.6 Å². The van der Waals surface area contributed by atoms with Crippen molar-refractivity contribution in [2.24, 2.45) is 11.5 Å². The van der Waals surface area contributed by atoms with Gasteiger partial charge in [-0.25, -0.2) is 4.79 Å². The molecule has 0 spiro atoms. The van der Waals surface area contributed by atoms with Crippen LogP contribution in [0.15, 0.2) is 54.6 Å². The summed E-state index contributed by atoms with van der Waals surface area (Å²) in [6, 6.07) is 8.57. The van der Waals surface area contributed by atoms with Gasteiger partial charge in [-0.3, -0.25) is 24.0 Å². The maximum atomic E-state index is 13.1. The van der Waals surface area contributed by atoms with Crippen LogP contribution in [0.25, 0.3) is 0 Å². The zero-order valence-electron chi connectivity index (χ0n) is 26.7. The summed E-state index contributed by atoms with van der Waals surface area (Å²) in [6.07, 6.45) is 1.18. The molecule has 2 aromatic rings. The molecule has 0 radical (unpaired) electrons. The molecule has 0 aromatic heterocycles. The normalized spacial score (nSPS) is 13.9. The molecule has 48 heavy (non-hydrogen) atoms. The number of carboxylic acid groups (broad SMARTS) is 1. The highest BCUT2D eigenvalue weighted by Gasteiger charge is 2.29. The lowest BCUT2D eigenvalue weighted by Crippen LogP contribution is -2.57. The summed E-state index contributed by atoms with van der Waals surface area (Å²) in [5.74, 6) is -5.01. The van der Waals surface area contributed by atoms with E-state index in [1.807, 2.05) is 0 Å². The summed E-state index contributed by atoms with van der Waals surface area (Å²) in [4.78, 5) is 75.9. The van der Waals surface area contributed by atoms with E-state index >= 15 is 0 Å². The van der Waals surface area contributed by atoms with Crippen molar-refractivity contribution in [2.45, 2.75) is 69.2 Å². The number of unbranched alkanes of at least 4 members (excludes halogenated alkanes) is 1. The van der Waals surface area contributed by atoms with Crippen LogP contribution in [0.1, 0.15) is 37.3 Å². The molecular formula is C32H45N7O9. The zero-order chi connectivity index (χ0) is 35.6. The van der Waals surface area contributed by atoms with Gasteiger partial charge >= 0.3 is 5.97 Å². The Kier molecular flexibility index (Phi) is 16.5. The number of nitrogens with one attached hydrogen (secondary N) is 5. The highest BCUT2D eigenvalue weighted by atomic mass is 16.4. The molecule has 0 aliphatic rings. The second-order valence-corrected chi connectivity index (χ2v) is 11.2. The third kappa shape index (κ3) is 13.7. The maximum absolute atomic E-state index is 13.1. The minimum absolute atomic E-state index is 0.00422. The number of phenols is 1. The first-order valence-electron chi connectivity index (χ1n) is 15.4. The largest absolute Gasteiger partial charge is 0.508 e. The fourth-order valence-electron chi connectivity index (χ4n) is 4.47. The first-order chi connectivity index (χ1) is 22.8. The van der Waals surface area contributed by atoms with E-state index < -0.39 is 78.9 Å². The lowest BCUT2D eigenvalue weighted by molar-refractivity contribution is -0.142. The SMILES string of the molecule is C[C@H](NC(=O)[C@H](Cc1ccc(O)cc1)NC(=O)[C@@H](N)CO)C(=O)NCC(=O)N[C@@H](CCCCN)C(=O)N[C@@H](Cc1ccccc1)C(=O)O. The van der Waals surface area contributed by atoms with Crippen LogP contribution in [-0.2, 0) is 41.6 Å². The van der Waals surface area contributed by atoms with Crippen molar-refractivity contribution in [3.05, 3.63) is 65.7 Å².